The molecule has 1 unspecified atom stereocenters. The lowest BCUT2D eigenvalue weighted by Crippen LogP contribution is -2.26. The molecule has 20 heavy (non-hydrogen) atoms. The molecule has 0 aliphatic carbocycles. The standard InChI is InChI=1S/C13H20N4O3/c1-4-14-12(18)10-5-6-11(17-16-10)15-7-9-8-19-13(2,3)20-9/h5-6,9H,4,7-8H2,1-3H3,(H,14,18)(H,15,17). The van der Waals surface area contributed by atoms with Crippen LogP contribution in [0.1, 0.15) is 31.3 Å². The molecule has 0 radical (unpaired) electrons. The number of nitrogens with zero attached hydrogens (tertiary/aromatic N) is 2. The molecule has 0 saturated carbocycles. The number of aromatic nitrogens is 2. The van der Waals surface area contributed by atoms with Crippen molar-refractivity contribution in [3.63, 3.8) is 0 Å². The van der Waals surface area contributed by atoms with E-state index in [9.17, 15) is 4.79 Å². The maximum Gasteiger partial charge on any atom is 0.271 e. The van der Waals surface area contributed by atoms with Crippen molar-refractivity contribution >= 4 is 11.7 Å². The molecule has 0 bridgehead atoms. The van der Waals surface area contributed by atoms with Crippen molar-refractivity contribution in [2.24, 2.45) is 0 Å². The van der Waals surface area contributed by atoms with Crippen molar-refractivity contribution in [1.29, 1.82) is 0 Å². The second-order valence-electron chi connectivity index (χ2n) is 4.99. The Balaban J connectivity index is 1.84. The summed E-state index contributed by atoms with van der Waals surface area (Å²) in [5, 5.41) is 13.6. The van der Waals surface area contributed by atoms with E-state index in [4.69, 9.17) is 9.47 Å². The summed E-state index contributed by atoms with van der Waals surface area (Å²) in [6.07, 6.45) is -0.0186. The molecule has 1 aromatic rings. The highest BCUT2D eigenvalue weighted by Gasteiger charge is 2.32. The van der Waals surface area contributed by atoms with Crippen LogP contribution in [0.4, 0.5) is 5.82 Å². The van der Waals surface area contributed by atoms with Crippen LogP contribution in [-0.2, 0) is 9.47 Å². The normalized spacial score (nSPS) is 20.6. The molecule has 1 saturated heterocycles. The molecule has 1 aliphatic heterocycles. The molecule has 1 atom stereocenters. The minimum atomic E-state index is -0.528. The van der Waals surface area contributed by atoms with Gasteiger partial charge in [0.05, 0.1) is 6.61 Å². The number of hydrogen-bond donors (Lipinski definition) is 2. The van der Waals surface area contributed by atoms with Crippen LogP contribution in [0.15, 0.2) is 12.1 Å². The Kier molecular flexibility index (Phi) is 4.51. The number of carbonyl (C=O) groups excluding carboxylic acids is 1. The summed E-state index contributed by atoms with van der Waals surface area (Å²) in [6, 6.07) is 3.36. The Morgan fingerprint density at radius 2 is 2.25 bits per heavy atom. The summed E-state index contributed by atoms with van der Waals surface area (Å²) >= 11 is 0. The predicted octanol–water partition coefficient (Wildman–Crippen LogP) is 0.790. The van der Waals surface area contributed by atoms with Gasteiger partial charge in [-0.25, -0.2) is 0 Å². The zero-order chi connectivity index (χ0) is 14.6. The van der Waals surface area contributed by atoms with E-state index < -0.39 is 5.79 Å². The van der Waals surface area contributed by atoms with E-state index in [1.807, 2.05) is 20.8 Å². The summed E-state index contributed by atoms with van der Waals surface area (Å²) in [6.45, 7) is 7.31. The molecule has 7 nitrogen and oxygen atoms in total. The first kappa shape index (κ1) is 14.7. The monoisotopic (exact) mass is 280 g/mol. The molecular weight excluding hydrogens is 260 g/mol. The summed E-state index contributed by atoms with van der Waals surface area (Å²) < 4.78 is 11.1. The second kappa shape index (κ2) is 6.15. The van der Waals surface area contributed by atoms with Gasteiger partial charge in [-0.1, -0.05) is 0 Å². The minimum Gasteiger partial charge on any atom is -0.366 e. The number of hydrogen-bond acceptors (Lipinski definition) is 6. The fourth-order valence-corrected chi connectivity index (χ4v) is 1.88. The number of amides is 1. The maximum atomic E-state index is 11.5. The van der Waals surface area contributed by atoms with Gasteiger partial charge in [0.25, 0.3) is 5.91 Å². The van der Waals surface area contributed by atoms with E-state index in [0.717, 1.165) is 0 Å². The zero-order valence-corrected chi connectivity index (χ0v) is 12.0. The number of carbonyl (C=O) groups is 1. The van der Waals surface area contributed by atoms with Crippen LogP contribution >= 0.6 is 0 Å². The molecule has 1 fully saturated rings. The first-order valence-electron chi connectivity index (χ1n) is 6.68. The molecule has 1 aliphatic rings. The highest BCUT2D eigenvalue weighted by atomic mass is 16.7. The van der Waals surface area contributed by atoms with Gasteiger partial charge in [-0.2, -0.15) is 0 Å². The lowest BCUT2D eigenvalue weighted by molar-refractivity contribution is -0.136. The Morgan fingerprint density at radius 1 is 1.45 bits per heavy atom. The molecule has 1 aromatic heterocycles. The SMILES string of the molecule is CCNC(=O)c1ccc(NCC2COC(C)(C)O2)nn1. The van der Waals surface area contributed by atoms with Gasteiger partial charge in [0.15, 0.2) is 11.5 Å². The third-order valence-electron chi connectivity index (χ3n) is 2.81. The maximum absolute atomic E-state index is 11.5. The van der Waals surface area contributed by atoms with Gasteiger partial charge in [0, 0.05) is 13.1 Å². The Bertz CT molecular complexity index is 461. The van der Waals surface area contributed by atoms with Gasteiger partial charge in [0.1, 0.15) is 11.9 Å². The average molecular weight is 280 g/mol. The molecule has 1 amide bonds. The summed E-state index contributed by atoms with van der Waals surface area (Å²) in [4.78, 5) is 11.5. The molecular formula is C13H20N4O3. The first-order valence-corrected chi connectivity index (χ1v) is 6.68. The average Bonchev–Trinajstić information content (AvgIpc) is 2.77. The van der Waals surface area contributed by atoms with Crippen molar-refractivity contribution in [2.75, 3.05) is 25.0 Å². The van der Waals surface area contributed by atoms with Crippen LogP contribution in [0.25, 0.3) is 0 Å². The van der Waals surface area contributed by atoms with Gasteiger partial charge in [-0.3, -0.25) is 4.79 Å². The van der Waals surface area contributed by atoms with Crippen molar-refractivity contribution in [2.45, 2.75) is 32.7 Å². The second-order valence-corrected chi connectivity index (χ2v) is 4.99. The molecule has 2 heterocycles. The lowest BCUT2D eigenvalue weighted by atomic mass is 10.3. The van der Waals surface area contributed by atoms with Gasteiger partial charge in [0.2, 0.25) is 0 Å². The smallest absolute Gasteiger partial charge is 0.271 e. The zero-order valence-electron chi connectivity index (χ0n) is 12.0. The van der Waals surface area contributed by atoms with E-state index in [0.29, 0.717) is 31.2 Å². The molecule has 0 spiro atoms. The van der Waals surface area contributed by atoms with E-state index in [2.05, 4.69) is 20.8 Å². The van der Waals surface area contributed by atoms with Crippen LogP contribution in [0.3, 0.4) is 0 Å². The third kappa shape index (κ3) is 3.88. The Hall–Kier alpha value is -1.73. The molecule has 110 valence electrons. The van der Waals surface area contributed by atoms with Crippen molar-refractivity contribution < 1.29 is 14.3 Å². The fraction of sp³-hybridized carbons (Fsp3) is 0.615. The fourth-order valence-electron chi connectivity index (χ4n) is 1.88. The number of nitrogens with one attached hydrogen (secondary N) is 2. The summed E-state index contributed by atoms with van der Waals surface area (Å²) in [5.74, 6) is -0.146. The predicted molar refractivity (Wildman–Crippen MR) is 73.4 cm³/mol. The topological polar surface area (TPSA) is 85.4 Å². The molecule has 7 heteroatoms. The largest absolute Gasteiger partial charge is 0.366 e. The highest BCUT2D eigenvalue weighted by molar-refractivity contribution is 5.92. The van der Waals surface area contributed by atoms with E-state index >= 15 is 0 Å². The summed E-state index contributed by atoms with van der Waals surface area (Å²) in [7, 11) is 0. The van der Waals surface area contributed by atoms with Gasteiger partial charge in [-0.15, -0.1) is 10.2 Å². The first-order chi connectivity index (χ1) is 9.50. The van der Waals surface area contributed by atoms with Crippen molar-refractivity contribution in [1.82, 2.24) is 15.5 Å². The van der Waals surface area contributed by atoms with Crippen LogP contribution in [0, 0.1) is 0 Å². The number of anilines is 1. The lowest BCUT2D eigenvalue weighted by Gasteiger charge is -2.17. The molecule has 2 N–H and O–H groups in total. The van der Waals surface area contributed by atoms with Gasteiger partial charge < -0.3 is 20.1 Å². The Labute approximate surface area is 118 Å². The van der Waals surface area contributed by atoms with E-state index in [-0.39, 0.29) is 12.0 Å². The summed E-state index contributed by atoms with van der Waals surface area (Å²) in [5.41, 5.74) is 0.305. The number of ether oxygens (including phenoxy) is 2. The van der Waals surface area contributed by atoms with Crippen LogP contribution in [-0.4, -0.2) is 47.7 Å². The Morgan fingerprint density at radius 3 is 2.80 bits per heavy atom. The van der Waals surface area contributed by atoms with Crippen LogP contribution < -0.4 is 10.6 Å². The highest BCUT2D eigenvalue weighted by Crippen LogP contribution is 2.22. The van der Waals surface area contributed by atoms with Crippen LogP contribution in [0.5, 0.6) is 0 Å². The number of rotatable bonds is 5. The van der Waals surface area contributed by atoms with Gasteiger partial charge >= 0.3 is 0 Å². The van der Waals surface area contributed by atoms with Crippen molar-refractivity contribution in [3.8, 4) is 0 Å². The van der Waals surface area contributed by atoms with Crippen molar-refractivity contribution in [3.05, 3.63) is 17.8 Å². The van der Waals surface area contributed by atoms with E-state index in [1.54, 1.807) is 12.1 Å². The van der Waals surface area contributed by atoms with Crippen LogP contribution in [0.2, 0.25) is 0 Å². The molecule has 2 rings (SSSR count). The van der Waals surface area contributed by atoms with Gasteiger partial charge in [-0.05, 0) is 32.9 Å². The minimum absolute atomic E-state index is 0.0186. The molecule has 0 aromatic carbocycles. The quantitative estimate of drug-likeness (QED) is 0.829. The van der Waals surface area contributed by atoms with E-state index in [1.165, 1.54) is 0 Å². The third-order valence-corrected chi connectivity index (χ3v) is 2.81.